The second-order valence-corrected chi connectivity index (χ2v) is 6.39. The molecule has 29 heavy (non-hydrogen) atoms. The molecule has 0 bridgehead atoms. The summed E-state index contributed by atoms with van der Waals surface area (Å²) in [5.41, 5.74) is 2.00. The van der Waals surface area contributed by atoms with E-state index in [-0.39, 0.29) is 5.56 Å². The zero-order valence-electron chi connectivity index (χ0n) is 16.0. The fourth-order valence-corrected chi connectivity index (χ4v) is 2.80. The molecule has 7 heteroatoms. The monoisotopic (exact) mass is 389 g/mol. The third kappa shape index (κ3) is 4.03. The first kappa shape index (κ1) is 18.5. The lowest BCUT2D eigenvalue weighted by molar-refractivity contribution is 0.271. The Balaban J connectivity index is 1.55. The number of benzene rings is 1. The Hall–Kier alpha value is -3.87. The molecule has 3 heterocycles. The summed E-state index contributed by atoms with van der Waals surface area (Å²) in [4.78, 5) is 20.8. The van der Waals surface area contributed by atoms with Crippen LogP contribution in [0.5, 0.6) is 23.1 Å². The smallest absolute Gasteiger partial charge is 0.260 e. The van der Waals surface area contributed by atoms with Crippen molar-refractivity contribution in [3.63, 3.8) is 0 Å². The number of hydrogen-bond donors (Lipinski definition) is 0. The molecule has 0 spiro atoms. The van der Waals surface area contributed by atoms with E-state index in [9.17, 15) is 4.79 Å². The van der Waals surface area contributed by atoms with Gasteiger partial charge in [-0.1, -0.05) is 30.3 Å². The minimum atomic E-state index is -0.138. The predicted octanol–water partition coefficient (Wildman–Crippen LogP) is 3.78. The number of rotatable bonds is 6. The maximum absolute atomic E-state index is 12.3. The van der Waals surface area contributed by atoms with Crippen molar-refractivity contribution in [2.24, 2.45) is 0 Å². The molecule has 0 aliphatic rings. The van der Waals surface area contributed by atoms with Gasteiger partial charge >= 0.3 is 0 Å². The second kappa shape index (κ2) is 8.02. The molecule has 0 aliphatic carbocycles. The lowest BCUT2D eigenvalue weighted by atomic mass is 10.2. The molecule has 4 rings (SSSR count). The molecule has 146 valence electrons. The number of ether oxygens (including phenoxy) is 3. The van der Waals surface area contributed by atoms with Gasteiger partial charge in [-0.3, -0.25) is 9.20 Å². The Labute approximate surface area is 167 Å². The molecule has 0 atom stereocenters. The Kier molecular flexibility index (Phi) is 5.11. The molecule has 0 saturated heterocycles. The summed E-state index contributed by atoms with van der Waals surface area (Å²) in [5.74, 6) is 1.77. The first-order valence-corrected chi connectivity index (χ1v) is 9.00. The van der Waals surface area contributed by atoms with E-state index in [1.165, 1.54) is 4.40 Å². The zero-order chi connectivity index (χ0) is 20.2. The van der Waals surface area contributed by atoms with Crippen LogP contribution in [0.2, 0.25) is 0 Å². The van der Waals surface area contributed by atoms with Gasteiger partial charge in [-0.2, -0.15) is 0 Å². The van der Waals surface area contributed by atoms with Gasteiger partial charge in [0.15, 0.2) is 5.75 Å². The van der Waals surface area contributed by atoms with Crippen molar-refractivity contribution in [1.29, 1.82) is 0 Å². The molecule has 4 aromatic rings. The van der Waals surface area contributed by atoms with Crippen LogP contribution in [0.3, 0.4) is 0 Å². The predicted molar refractivity (Wildman–Crippen MR) is 108 cm³/mol. The van der Waals surface area contributed by atoms with Crippen LogP contribution in [0.1, 0.15) is 11.1 Å². The Morgan fingerprint density at radius 3 is 2.62 bits per heavy atom. The van der Waals surface area contributed by atoms with E-state index in [4.69, 9.17) is 14.2 Å². The third-order valence-electron chi connectivity index (χ3n) is 4.31. The van der Waals surface area contributed by atoms with Crippen molar-refractivity contribution < 1.29 is 14.2 Å². The SMILES string of the molecule is COc1cc(Oc2ccc3ncc(C)c(=O)n3c2)cnc1OCc1ccccc1. The number of aryl methyl sites for hydroxylation is 1. The van der Waals surface area contributed by atoms with E-state index >= 15 is 0 Å². The molecule has 1 aromatic carbocycles. The Morgan fingerprint density at radius 2 is 1.83 bits per heavy atom. The van der Waals surface area contributed by atoms with Crippen molar-refractivity contribution in [2.75, 3.05) is 7.11 Å². The molecule has 0 amide bonds. The highest BCUT2D eigenvalue weighted by atomic mass is 16.5. The van der Waals surface area contributed by atoms with Gasteiger partial charge in [0.25, 0.3) is 11.4 Å². The highest BCUT2D eigenvalue weighted by Gasteiger charge is 2.10. The first-order valence-electron chi connectivity index (χ1n) is 9.00. The van der Waals surface area contributed by atoms with E-state index in [1.54, 1.807) is 50.8 Å². The van der Waals surface area contributed by atoms with Gasteiger partial charge in [-0.15, -0.1) is 0 Å². The summed E-state index contributed by atoms with van der Waals surface area (Å²) >= 11 is 0. The molecule has 0 fully saturated rings. The fraction of sp³-hybridized carbons (Fsp3) is 0.136. The van der Waals surface area contributed by atoms with Gasteiger partial charge in [-0.05, 0) is 24.6 Å². The molecule has 7 nitrogen and oxygen atoms in total. The average molecular weight is 389 g/mol. The Morgan fingerprint density at radius 1 is 1.00 bits per heavy atom. The van der Waals surface area contributed by atoms with Crippen LogP contribution in [0.4, 0.5) is 0 Å². The van der Waals surface area contributed by atoms with E-state index in [1.807, 2.05) is 30.3 Å². The van der Waals surface area contributed by atoms with E-state index < -0.39 is 0 Å². The topological polar surface area (TPSA) is 75.0 Å². The van der Waals surface area contributed by atoms with E-state index in [0.29, 0.717) is 40.9 Å². The molecule has 0 N–H and O–H groups in total. The lowest BCUT2D eigenvalue weighted by Gasteiger charge is -2.12. The fourth-order valence-electron chi connectivity index (χ4n) is 2.80. The lowest BCUT2D eigenvalue weighted by Crippen LogP contribution is -2.16. The standard InChI is InChI=1S/C22H19N3O4/c1-15-11-23-20-9-8-17(13-25(20)22(15)26)29-18-10-19(27-2)21(24-12-18)28-14-16-6-4-3-5-7-16/h3-13H,14H2,1-2H3. The minimum absolute atomic E-state index is 0.138. The van der Waals surface area contributed by atoms with Gasteiger partial charge in [0, 0.05) is 17.8 Å². The van der Waals surface area contributed by atoms with Gasteiger partial charge in [-0.25, -0.2) is 9.97 Å². The number of methoxy groups -OCH3 is 1. The van der Waals surface area contributed by atoms with Crippen LogP contribution in [-0.4, -0.2) is 21.5 Å². The summed E-state index contributed by atoms with van der Waals surface area (Å²) in [6.07, 6.45) is 4.70. The van der Waals surface area contributed by atoms with Gasteiger partial charge in [0.1, 0.15) is 23.8 Å². The van der Waals surface area contributed by atoms with Crippen molar-refractivity contribution in [1.82, 2.24) is 14.4 Å². The average Bonchev–Trinajstić information content (AvgIpc) is 2.76. The number of fused-ring (bicyclic) bond motifs is 1. The normalized spacial score (nSPS) is 10.7. The Bertz CT molecular complexity index is 1210. The summed E-state index contributed by atoms with van der Waals surface area (Å²) in [6, 6.07) is 15.0. The van der Waals surface area contributed by atoms with E-state index in [0.717, 1.165) is 5.56 Å². The first-order chi connectivity index (χ1) is 14.1. The zero-order valence-corrected chi connectivity index (χ0v) is 16.0. The molecular weight excluding hydrogens is 370 g/mol. The van der Waals surface area contributed by atoms with Crippen molar-refractivity contribution in [2.45, 2.75) is 13.5 Å². The molecule has 0 radical (unpaired) electrons. The van der Waals surface area contributed by atoms with Crippen LogP contribution >= 0.6 is 0 Å². The summed E-state index contributed by atoms with van der Waals surface area (Å²) in [5, 5.41) is 0. The highest BCUT2D eigenvalue weighted by molar-refractivity contribution is 5.44. The van der Waals surface area contributed by atoms with Gasteiger partial charge in [0.05, 0.1) is 19.5 Å². The number of nitrogens with zero attached hydrogens (tertiary/aromatic N) is 3. The van der Waals surface area contributed by atoms with Crippen molar-refractivity contribution in [3.05, 3.63) is 88.6 Å². The second-order valence-electron chi connectivity index (χ2n) is 6.39. The molecule has 3 aromatic heterocycles. The molecule has 0 saturated carbocycles. The summed E-state index contributed by atoms with van der Waals surface area (Å²) < 4.78 is 18.5. The minimum Gasteiger partial charge on any atom is -0.491 e. The maximum atomic E-state index is 12.3. The molecule has 0 unspecified atom stereocenters. The quantitative estimate of drug-likeness (QED) is 0.500. The van der Waals surface area contributed by atoms with Crippen molar-refractivity contribution >= 4 is 5.65 Å². The van der Waals surface area contributed by atoms with Crippen LogP contribution < -0.4 is 19.8 Å². The number of aromatic nitrogens is 3. The van der Waals surface area contributed by atoms with Crippen LogP contribution in [0.15, 0.2) is 71.9 Å². The molecule has 0 aliphatic heterocycles. The van der Waals surface area contributed by atoms with Crippen LogP contribution in [0.25, 0.3) is 5.65 Å². The van der Waals surface area contributed by atoms with E-state index in [2.05, 4.69) is 9.97 Å². The van der Waals surface area contributed by atoms with Crippen LogP contribution in [0, 0.1) is 6.92 Å². The number of hydrogen-bond acceptors (Lipinski definition) is 6. The van der Waals surface area contributed by atoms with Gasteiger partial charge in [0.2, 0.25) is 0 Å². The van der Waals surface area contributed by atoms with Crippen molar-refractivity contribution in [3.8, 4) is 23.1 Å². The van der Waals surface area contributed by atoms with Gasteiger partial charge < -0.3 is 14.2 Å². The van der Waals surface area contributed by atoms with Crippen LogP contribution in [-0.2, 0) is 6.61 Å². The summed E-state index contributed by atoms with van der Waals surface area (Å²) in [6.45, 7) is 2.10. The highest BCUT2D eigenvalue weighted by Crippen LogP contribution is 2.31. The molecular formula is C22H19N3O4. The number of pyridine rings is 2. The largest absolute Gasteiger partial charge is 0.491 e. The summed E-state index contributed by atoms with van der Waals surface area (Å²) in [7, 11) is 1.54. The maximum Gasteiger partial charge on any atom is 0.260 e. The third-order valence-corrected chi connectivity index (χ3v) is 4.31.